The molecule has 0 aliphatic carbocycles. The SMILES string of the molecule is N#CC1(C#N)[C@H](c2ccco2)[C@H](C(N)=O)N2C=Cc3ccccc3[C@H]21. The molecule has 1 aromatic carbocycles. The molecule has 3 atom stereocenters. The first-order valence-corrected chi connectivity index (χ1v) is 7.84. The maximum absolute atomic E-state index is 12.3. The van der Waals surface area contributed by atoms with Crippen molar-refractivity contribution < 1.29 is 9.21 Å². The van der Waals surface area contributed by atoms with Crippen LogP contribution in [0.1, 0.15) is 28.8 Å². The summed E-state index contributed by atoms with van der Waals surface area (Å²) in [6.07, 6.45) is 5.08. The van der Waals surface area contributed by atoms with E-state index >= 15 is 0 Å². The Morgan fingerprint density at radius 3 is 2.60 bits per heavy atom. The molecule has 3 heterocycles. The minimum Gasteiger partial charge on any atom is -0.469 e. The molecule has 2 aliphatic heterocycles. The molecule has 6 heteroatoms. The number of nitrogens with two attached hydrogens (primary N) is 1. The van der Waals surface area contributed by atoms with E-state index < -0.39 is 29.3 Å². The third-order valence-electron chi connectivity index (χ3n) is 5.08. The molecule has 4 rings (SSSR count). The monoisotopic (exact) mass is 330 g/mol. The zero-order valence-electron chi connectivity index (χ0n) is 13.2. The molecule has 0 saturated carbocycles. The van der Waals surface area contributed by atoms with E-state index in [1.807, 2.05) is 30.3 Å². The van der Waals surface area contributed by atoms with Crippen LogP contribution in [0.25, 0.3) is 6.08 Å². The quantitative estimate of drug-likeness (QED) is 0.909. The van der Waals surface area contributed by atoms with Crippen LogP contribution < -0.4 is 5.73 Å². The first-order chi connectivity index (χ1) is 12.1. The number of carbonyl (C=O) groups excluding carboxylic acids is 1. The normalized spacial score (nSPS) is 25.5. The highest BCUT2D eigenvalue weighted by Gasteiger charge is 2.64. The molecule has 0 bridgehead atoms. The Kier molecular flexibility index (Phi) is 3.16. The first-order valence-electron chi connectivity index (χ1n) is 7.84. The van der Waals surface area contributed by atoms with Crippen molar-refractivity contribution in [1.82, 2.24) is 4.90 Å². The lowest BCUT2D eigenvalue weighted by Gasteiger charge is -2.34. The van der Waals surface area contributed by atoms with Crippen LogP contribution in [0.5, 0.6) is 0 Å². The van der Waals surface area contributed by atoms with Crippen molar-refractivity contribution in [2.24, 2.45) is 11.1 Å². The molecule has 1 aromatic heterocycles. The molecule has 1 saturated heterocycles. The van der Waals surface area contributed by atoms with Crippen molar-refractivity contribution in [3.05, 3.63) is 65.7 Å². The van der Waals surface area contributed by atoms with Crippen LogP contribution >= 0.6 is 0 Å². The molecule has 6 nitrogen and oxygen atoms in total. The molecule has 0 unspecified atom stereocenters. The number of hydrogen-bond acceptors (Lipinski definition) is 5. The van der Waals surface area contributed by atoms with Crippen molar-refractivity contribution in [3.63, 3.8) is 0 Å². The average Bonchev–Trinajstić information content (AvgIpc) is 3.25. The number of primary amides is 1. The molecule has 2 aromatic rings. The molecular weight excluding hydrogens is 316 g/mol. The lowest BCUT2D eigenvalue weighted by atomic mass is 9.69. The summed E-state index contributed by atoms with van der Waals surface area (Å²) in [5, 5.41) is 20.1. The van der Waals surface area contributed by atoms with Crippen LogP contribution in [-0.2, 0) is 4.79 Å². The number of benzene rings is 1. The minimum atomic E-state index is -1.50. The Bertz CT molecular complexity index is 935. The van der Waals surface area contributed by atoms with Gasteiger partial charge >= 0.3 is 0 Å². The smallest absolute Gasteiger partial charge is 0.240 e. The van der Waals surface area contributed by atoms with E-state index in [-0.39, 0.29) is 0 Å². The van der Waals surface area contributed by atoms with E-state index in [2.05, 4.69) is 12.1 Å². The summed E-state index contributed by atoms with van der Waals surface area (Å²) in [4.78, 5) is 14.0. The summed E-state index contributed by atoms with van der Waals surface area (Å²) in [5.41, 5.74) is 5.92. The maximum atomic E-state index is 12.3. The van der Waals surface area contributed by atoms with E-state index in [4.69, 9.17) is 10.2 Å². The second kappa shape index (κ2) is 5.25. The van der Waals surface area contributed by atoms with Crippen molar-refractivity contribution in [1.29, 1.82) is 10.5 Å². The number of furan rings is 1. The highest BCUT2D eigenvalue weighted by atomic mass is 16.3. The first kappa shape index (κ1) is 15.0. The third-order valence-corrected chi connectivity index (χ3v) is 5.08. The Morgan fingerprint density at radius 1 is 1.20 bits per heavy atom. The number of amides is 1. The van der Waals surface area contributed by atoms with Gasteiger partial charge in [-0.05, 0) is 29.3 Å². The highest BCUT2D eigenvalue weighted by molar-refractivity contribution is 5.83. The fourth-order valence-corrected chi connectivity index (χ4v) is 4.10. The van der Waals surface area contributed by atoms with Gasteiger partial charge in [-0.2, -0.15) is 10.5 Å². The van der Waals surface area contributed by atoms with Crippen LogP contribution in [0.4, 0.5) is 0 Å². The predicted molar refractivity (Wildman–Crippen MR) is 88.1 cm³/mol. The highest BCUT2D eigenvalue weighted by Crippen LogP contribution is 2.59. The van der Waals surface area contributed by atoms with Crippen molar-refractivity contribution in [2.45, 2.75) is 18.0 Å². The second-order valence-corrected chi connectivity index (χ2v) is 6.23. The van der Waals surface area contributed by atoms with Crippen LogP contribution in [-0.4, -0.2) is 16.8 Å². The van der Waals surface area contributed by atoms with Gasteiger partial charge in [-0.15, -0.1) is 0 Å². The summed E-state index contributed by atoms with van der Waals surface area (Å²) >= 11 is 0. The fraction of sp³-hybridized carbons (Fsp3) is 0.211. The summed E-state index contributed by atoms with van der Waals surface area (Å²) in [6.45, 7) is 0. The average molecular weight is 330 g/mol. The third kappa shape index (κ3) is 1.85. The van der Waals surface area contributed by atoms with Crippen LogP contribution in [0.2, 0.25) is 0 Å². The molecule has 25 heavy (non-hydrogen) atoms. The van der Waals surface area contributed by atoms with Crippen molar-refractivity contribution >= 4 is 12.0 Å². The van der Waals surface area contributed by atoms with Crippen LogP contribution in [0.15, 0.2) is 53.3 Å². The predicted octanol–water partition coefficient (Wildman–Crippen LogP) is 2.29. The van der Waals surface area contributed by atoms with E-state index in [1.54, 1.807) is 23.2 Å². The van der Waals surface area contributed by atoms with Crippen molar-refractivity contribution in [3.8, 4) is 12.1 Å². The lowest BCUT2D eigenvalue weighted by molar-refractivity contribution is -0.122. The lowest BCUT2D eigenvalue weighted by Crippen LogP contribution is -2.41. The Balaban J connectivity index is 2.02. The van der Waals surface area contributed by atoms with Gasteiger partial charge in [0.1, 0.15) is 11.8 Å². The van der Waals surface area contributed by atoms with E-state index in [9.17, 15) is 15.3 Å². The van der Waals surface area contributed by atoms with Gasteiger partial charge in [-0.25, -0.2) is 0 Å². The summed E-state index contributed by atoms with van der Waals surface area (Å²) in [6, 6.07) is 13.8. The number of nitrogens with zero attached hydrogens (tertiary/aromatic N) is 3. The molecule has 2 N–H and O–H groups in total. The summed E-state index contributed by atoms with van der Waals surface area (Å²) < 4.78 is 5.49. The second-order valence-electron chi connectivity index (χ2n) is 6.23. The van der Waals surface area contributed by atoms with Crippen LogP contribution in [0, 0.1) is 28.1 Å². The van der Waals surface area contributed by atoms with Gasteiger partial charge in [0.05, 0.1) is 30.4 Å². The molecule has 0 radical (unpaired) electrons. The molecule has 1 amide bonds. The van der Waals surface area contributed by atoms with Crippen LogP contribution in [0.3, 0.4) is 0 Å². The van der Waals surface area contributed by atoms with Gasteiger partial charge in [-0.1, -0.05) is 24.3 Å². The number of nitriles is 2. The van der Waals surface area contributed by atoms with E-state index in [1.165, 1.54) is 6.26 Å². The van der Waals surface area contributed by atoms with Gasteiger partial charge in [0.2, 0.25) is 5.91 Å². The number of carbonyl (C=O) groups is 1. The molecular formula is C19H14N4O2. The van der Waals surface area contributed by atoms with Crippen molar-refractivity contribution in [2.75, 3.05) is 0 Å². The van der Waals surface area contributed by atoms with Gasteiger partial charge in [0.25, 0.3) is 0 Å². The number of fused-ring (bicyclic) bond motifs is 3. The molecule has 2 aliphatic rings. The Hall–Kier alpha value is -3.51. The van der Waals surface area contributed by atoms with Gasteiger partial charge in [0, 0.05) is 6.20 Å². The Labute approximate surface area is 144 Å². The summed E-state index contributed by atoms with van der Waals surface area (Å²) in [7, 11) is 0. The fourth-order valence-electron chi connectivity index (χ4n) is 4.10. The molecule has 0 spiro atoms. The maximum Gasteiger partial charge on any atom is 0.240 e. The summed E-state index contributed by atoms with van der Waals surface area (Å²) in [5.74, 6) is -0.967. The standard InChI is InChI=1S/C19H14N4O2/c20-10-19(11-21)15(14-6-3-9-25-14)16(18(22)24)23-8-7-12-4-1-2-5-13(12)17(19)23/h1-9,15-17H,(H2,22,24)/t15-,16-,17+/m1/s1. The van der Waals surface area contributed by atoms with Gasteiger partial charge in [0.15, 0.2) is 5.41 Å². The zero-order valence-corrected chi connectivity index (χ0v) is 13.2. The molecule has 122 valence electrons. The van der Waals surface area contributed by atoms with Gasteiger partial charge in [-0.3, -0.25) is 4.79 Å². The number of rotatable bonds is 2. The van der Waals surface area contributed by atoms with E-state index in [0.717, 1.165) is 11.1 Å². The van der Waals surface area contributed by atoms with E-state index in [0.29, 0.717) is 5.76 Å². The van der Waals surface area contributed by atoms with Gasteiger partial charge < -0.3 is 15.1 Å². The Morgan fingerprint density at radius 2 is 1.96 bits per heavy atom. The largest absolute Gasteiger partial charge is 0.469 e. The zero-order chi connectivity index (χ0) is 17.6. The topological polar surface area (TPSA) is 107 Å². The number of hydrogen-bond donors (Lipinski definition) is 1. The minimum absolute atomic E-state index is 0.409. The molecule has 1 fully saturated rings.